The predicted octanol–water partition coefficient (Wildman–Crippen LogP) is 2.45. The minimum atomic E-state index is -0.0546. The Bertz CT molecular complexity index is 330. The SMILES string of the molecule is CNC(=O)c1ccc(C=CCBr)cc1. The smallest absolute Gasteiger partial charge is 0.251 e. The van der Waals surface area contributed by atoms with E-state index in [0.29, 0.717) is 5.56 Å². The number of hydrogen-bond donors (Lipinski definition) is 1. The molecule has 2 nitrogen and oxygen atoms in total. The van der Waals surface area contributed by atoms with Crippen molar-refractivity contribution in [2.75, 3.05) is 12.4 Å². The third-order valence-corrected chi connectivity index (χ3v) is 2.17. The molecule has 1 N–H and O–H groups in total. The maximum atomic E-state index is 11.2. The molecule has 0 heterocycles. The molecule has 0 saturated heterocycles. The van der Waals surface area contributed by atoms with Crippen molar-refractivity contribution in [2.45, 2.75) is 0 Å². The second-order valence-corrected chi connectivity index (χ2v) is 3.41. The van der Waals surface area contributed by atoms with Gasteiger partial charge in [0.05, 0.1) is 0 Å². The highest BCUT2D eigenvalue weighted by molar-refractivity contribution is 9.09. The molecule has 0 spiro atoms. The van der Waals surface area contributed by atoms with Gasteiger partial charge in [-0.1, -0.05) is 40.2 Å². The lowest BCUT2D eigenvalue weighted by Crippen LogP contribution is -2.17. The first-order valence-corrected chi connectivity index (χ1v) is 5.44. The average Bonchev–Trinajstić information content (AvgIpc) is 2.26. The second kappa shape index (κ2) is 5.60. The Balaban J connectivity index is 2.78. The van der Waals surface area contributed by atoms with E-state index in [4.69, 9.17) is 0 Å². The molecular formula is C11H12BrNO. The Morgan fingerprint density at radius 1 is 1.43 bits per heavy atom. The van der Waals surface area contributed by atoms with Crippen molar-refractivity contribution in [3.8, 4) is 0 Å². The van der Waals surface area contributed by atoms with Crippen molar-refractivity contribution < 1.29 is 4.79 Å². The first-order chi connectivity index (χ1) is 6.77. The van der Waals surface area contributed by atoms with Gasteiger partial charge >= 0.3 is 0 Å². The van der Waals surface area contributed by atoms with E-state index < -0.39 is 0 Å². The van der Waals surface area contributed by atoms with E-state index in [2.05, 4.69) is 21.2 Å². The molecule has 1 amide bonds. The summed E-state index contributed by atoms with van der Waals surface area (Å²) in [4.78, 5) is 11.2. The molecule has 14 heavy (non-hydrogen) atoms. The predicted molar refractivity (Wildman–Crippen MR) is 62.7 cm³/mol. The van der Waals surface area contributed by atoms with Gasteiger partial charge in [0, 0.05) is 17.9 Å². The molecule has 0 fully saturated rings. The fourth-order valence-corrected chi connectivity index (χ4v) is 1.26. The van der Waals surface area contributed by atoms with E-state index in [0.717, 1.165) is 10.9 Å². The van der Waals surface area contributed by atoms with Crippen LogP contribution in [0.4, 0.5) is 0 Å². The van der Waals surface area contributed by atoms with E-state index >= 15 is 0 Å². The van der Waals surface area contributed by atoms with Crippen LogP contribution < -0.4 is 5.32 Å². The number of carbonyl (C=O) groups is 1. The number of hydrogen-bond acceptors (Lipinski definition) is 1. The Labute approximate surface area is 92.1 Å². The number of carbonyl (C=O) groups excluding carboxylic acids is 1. The number of halogens is 1. The molecule has 0 atom stereocenters. The van der Waals surface area contributed by atoms with E-state index in [-0.39, 0.29) is 5.91 Å². The van der Waals surface area contributed by atoms with Gasteiger partial charge in [0.2, 0.25) is 0 Å². The van der Waals surface area contributed by atoms with Crippen molar-refractivity contribution in [3.05, 3.63) is 41.5 Å². The maximum absolute atomic E-state index is 11.2. The van der Waals surface area contributed by atoms with Crippen LogP contribution in [0.5, 0.6) is 0 Å². The van der Waals surface area contributed by atoms with Crippen LogP contribution in [0.15, 0.2) is 30.3 Å². The summed E-state index contributed by atoms with van der Waals surface area (Å²) < 4.78 is 0. The van der Waals surface area contributed by atoms with E-state index in [1.165, 1.54) is 0 Å². The number of amides is 1. The molecule has 0 bridgehead atoms. The van der Waals surface area contributed by atoms with Crippen molar-refractivity contribution in [3.63, 3.8) is 0 Å². The van der Waals surface area contributed by atoms with Crippen LogP contribution in [0.25, 0.3) is 6.08 Å². The molecule has 1 aromatic carbocycles. The Kier molecular flexibility index (Phi) is 4.40. The van der Waals surface area contributed by atoms with Crippen LogP contribution in [-0.2, 0) is 0 Å². The van der Waals surface area contributed by atoms with Gasteiger partial charge in [-0.3, -0.25) is 4.79 Å². The molecule has 0 unspecified atom stereocenters. The third-order valence-electron chi connectivity index (χ3n) is 1.80. The first kappa shape index (κ1) is 11.0. The molecule has 74 valence electrons. The summed E-state index contributed by atoms with van der Waals surface area (Å²) in [7, 11) is 1.63. The zero-order valence-electron chi connectivity index (χ0n) is 7.96. The number of allylic oxidation sites excluding steroid dienone is 1. The second-order valence-electron chi connectivity index (χ2n) is 2.76. The van der Waals surface area contributed by atoms with Gasteiger partial charge in [0.25, 0.3) is 5.91 Å². The third kappa shape index (κ3) is 3.00. The highest BCUT2D eigenvalue weighted by Crippen LogP contribution is 2.06. The van der Waals surface area contributed by atoms with E-state index in [1.807, 2.05) is 36.4 Å². The van der Waals surface area contributed by atoms with Crippen LogP contribution in [0, 0.1) is 0 Å². The summed E-state index contributed by atoms with van der Waals surface area (Å²) in [6.45, 7) is 0. The summed E-state index contributed by atoms with van der Waals surface area (Å²) in [5.74, 6) is -0.0546. The summed E-state index contributed by atoms with van der Waals surface area (Å²) in [6.07, 6.45) is 4.01. The Hall–Kier alpha value is -1.09. The zero-order valence-corrected chi connectivity index (χ0v) is 9.54. The molecule has 0 saturated carbocycles. The van der Waals surface area contributed by atoms with Crippen molar-refractivity contribution in [1.29, 1.82) is 0 Å². The van der Waals surface area contributed by atoms with Gasteiger partial charge in [-0.2, -0.15) is 0 Å². The summed E-state index contributed by atoms with van der Waals surface area (Å²) in [5.41, 5.74) is 1.78. The lowest BCUT2D eigenvalue weighted by Gasteiger charge is -1.99. The number of alkyl halides is 1. The molecule has 1 aromatic rings. The van der Waals surface area contributed by atoms with Crippen LogP contribution in [0.2, 0.25) is 0 Å². The first-order valence-electron chi connectivity index (χ1n) is 4.32. The van der Waals surface area contributed by atoms with Crippen LogP contribution in [0.3, 0.4) is 0 Å². The molecule has 0 radical (unpaired) electrons. The molecular weight excluding hydrogens is 242 g/mol. The molecule has 0 aromatic heterocycles. The summed E-state index contributed by atoms with van der Waals surface area (Å²) >= 11 is 3.30. The summed E-state index contributed by atoms with van der Waals surface area (Å²) in [6, 6.07) is 7.47. The topological polar surface area (TPSA) is 29.1 Å². The van der Waals surface area contributed by atoms with Crippen LogP contribution in [0.1, 0.15) is 15.9 Å². The van der Waals surface area contributed by atoms with Gasteiger partial charge in [0.1, 0.15) is 0 Å². The van der Waals surface area contributed by atoms with E-state index in [9.17, 15) is 4.79 Å². The van der Waals surface area contributed by atoms with Gasteiger partial charge < -0.3 is 5.32 Å². The van der Waals surface area contributed by atoms with Gasteiger partial charge in [-0.15, -0.1) is 0 Å². The quantitative estimate of drug-likeness (QED) is 0.825. The molecule has 0 aliphatic rings. The average molecular weight is 254 g/mol. The standard InChI is InChI=1S/C11H12BrNO/c1-13-11(14)10-6-4-9(5-7-10)3-2-8-12/h2-7H,8H2,1H3,(H,13,14). The van der Waals surface area contributed by atoms with Gasteiger partial charge in [0.15, 0.2) is 0 Å². The van der Waals surface area contributed by atoms with E-state index in [1.54, 1.807) is 7.05 Å². The van der Waals surface area contributed by atoms with Gasteiger partial charge in [-0.05, 0) is 17.7 Å². The van der Waals surface area contributed by atoms with Crippen molar-refractivity contribution in [1.82, 2.24) is 5.32 Å². The fourth-order valence-electron chi connectivity index (χ4n) is 1.07. The van der Waals surface area contributed by atoms with Crippen LogP contribution in [-0.4, -0.2) is 18.3 Å². The minimum Gasteiger partial charge on any atom is -0.355 e. The normalized spacial score (nSPS) is 10.4. The minimum absolute atomic E-state index is 0.0546. The number of rotatable bonds is 3. The largest absolute Gasteiger partial charge is 0.355 e. The van der Waals surface area contributed by atoms with Crippen molar-refractivity contribution >= 4 is 27.9 Å². The molecule has 0 aliphatic carbocycles. The highest BCUT2D eigenvalue weighted by Gasteiger charge is 2.00. The monoisotopic (exact) mass is 253 g/mol. The number of nitrogens with one attached hydrogen (secondary N) is 1. The Morgan fingerprint density at radius 2 is 2.07 bits per heavy atom. The zero-order chi connectivity index (χ0) is 10.4. The Morgan fingerprint density at radius 3 is 2.57 bits per heavy atom. The summed E-state index contributed by atoms with van der Waals surface area (Å²) in [5, 5.41) is 3.42. The van der Waals surface area contributed by atoms with Crippen LogP contribution >= 0.6 is 15.9 Å². The molecule has 1 rings (SSSR count). The van der Waals surface area contributed by atoms with Crippen molar-refractivity contribution in [2.24, 2.45) is 0 Å². The molecule has 0 aliphatic heterocycles. The highest BCUT2D eigenvalue weighted by atomic mass is 79.9. The lowest BCUT2D eigenvalue weighted by atomic mass is 10.1. The maximum Gasteiger partial charge on any atom is 0.251 e. The van der Waals surface area contributed by atoms with Gasteiger partial charge in [-0.25, -0.2) is 0 Å². The molecule has 3 heteroatoms. The lowest BCUT2D eigenvalue weighted by molar-refractivity contribution is 0.0963. The fraction of sp³-hybridized carbons (Fsp3) is 0.182. The number of benzene rings is 1.